The quantitative estimate of drug-likeness (QED) is 0.813. The maximum absolute atomic E-state index is 10.4. The van der Waals surface area contributed by atoms with Crippen molar-refractivity contribution < 1.29 is 19.1 Å². The molecule has 108 valence electrons. The summed E-state index contributed by atoms with van der Waals surface area (Å²) >= 11 is 0. The lowest BCUT2D eigenvalue weighted by molar-refractivity contribution is 0.111. The van der Waals surface area contributed by atoms with E-state index in [9.17, 15) is 9.59 Å². The van der Waals surface area contributed by atoms with Crippen molar-refractivity contribution in [2.24, 2.45) is 0 Å². The monoisotopic (exact) mass is 284 g/mol. The highest BCUT2D eigenvalue weighted by Crippen LogP contribution is 2.25. The number of fused-ring (bicyclic) bond motifs is 1. The summed E-state index contributed by atoms with van der Waals surface area (Å²) in [7, 11) is 1.59. The SMILES string of the molecule is COc1ccc(C=O)cc1.O=Cc1ccc2c(c1)CCO2. The molecule has 21 heavy (non-hydrogen) atoms. The van der Waals surface area contributed by atoms with E-state index in [0.717, 1.165) is 48.2 Å². The highest BCUT2D eigenvalue weighted by molar-refractivity contribution is 5.76. The summed E-state index contributed by atoms with van der Waals surface area (Å²) in [6.07, 6.45) is 2.59. The van der Waals surface area contributed by atoms with Crippen molar-refractivity contribution in [3.05, 3.63) is 59.2 Å². The molecule has 0 atom stereocenters. The molecule has 1 aliphatic rings. The van der Waals surface area contributed by atoms with Gasteiger partial charge >= 0.3 is 0 Å². The summed E-state index contributed by atoms with van der Waals surface area (Å²) in [5, 5.41) is 0. The standard InChI is InChI=1S/C9H8O2.C8H8O2/c10-6-7-1-2-9-8(5-7)3-4-11-9;1-10-8-4-2-7(6-9)3-5-8/h1-2,5-6H,3-4H2;2-6H,1H3. The van der Waals surface area contributed by atoms with Crippen LogP contribution in [0.5, 0.6) is 11.5 Å². The largest absolute Gasteiger partial charge is 0.497 e. The molecule has 0 spiro atoms. The molecule has 0 aromatic heterocycles. The minimum Gasteiger partial charge on any atom is -0.497 e. The number of carbonyl (C=O) groups is 2. The maximum atomic E-state index is 10.4. The fourth-order valence-electron chi connectivity index (χ4n) is 1.96. The van der Waals surface area contributed by atoms with Crippen LogP contribution in [0.25, 0.3) is 0 Å². The molecule has 2 aromatic carbocycles. The number of hydrogen-bond acceptors (Lipinski definition) is 4. The zero-order valence-electron chi connectivity index (χ0n) is 11.7. The zero-order chi connectivity index (χ0) is 15.1. The lowest BCUT2D eigenvalue weighted by Crippen LogP contribution is -1.85. The van der Waals surface area contributed by atoms with Crippen LogP contribution >= 0.6 is 0 Å². The number of ether oxygens (including phenoxy) is 2. The fraction of sp³-hybridized carbons (Fsp3) is 0.176. The Bertz CT molecular complexity index is 617. The maximum Gasteiger partial charge on any atom is 0.150 e. The Kier molecular flexibility index (Phi) is 5.10. The number of hydrogen-bond donors (Lipinski definition) is 0. The van der Waals surface area contributed by atoms with Crippen LogP contribution in [0.2, 0.25) is 0 Å². The van der Waals surface area contributed by atoms with Gasteiger partial charge in [0.05, 0.1) is 13.7 Å². The Morgan fingerprint density at radius 2 is 1.67 bits per heavy atom. The van der Waals surface area contributed by atoms with Crippen molar-refractivity contribution in [2.45, 2.75) is 6.42 Å². The van der Waals surface area contributed by atoms with Crippen molar-refractivity contribution in [3.63, 3.8) is 0 Å². The highest BCUT2D eigenvalue weighted by atomic mass is 16.5. The minimum absolute atomic E-state index is 0.667. The molecule has 4 heteroatoms. The molecule has 1 heterocycles. The Balaban J connectivity index is 0.000000155. The van der Waals surface area contributed by atoms with Crippen LogP contribution < -0.4 is 9.47 Å². The predicted molar refractivity (Wildman–Crippen MR) is 79.4 cm³/mol. The van der Waals surface area contributed by atoms with E-state index >= 15 is 0 Å². The molecule has 0 saturated heterocycles. The zero-order valence-corrected chi connectivity index (χ0v) is 11.7. The van der Waals surface area contributed by atoms with E-state index in [0.29, 0.717) is 5.56 Å². The van der Waals surface area contributed by atoms with Crippen molar-refractivity contribution >= 4 is 12.6 Å². The van der Waals surface area contributed by atoms with Crippen molar-refractivity contribution in [3.8, 4) is 11.5 Å². The first-order valence-electron chi connectivity index (χ1n) is 6.57. The molecule has 0 amide bonds. The molecule has 2 aromatic rings. The van der Waals surface area contributed by atoms with Gasteiger partial charge in [0.1, 0.15) is 24.1 Å². The van der Waals surface area contributed by atoms with Gasteiger partial charge in [-0.05, 0) is 48.0 Å². The van der Waals surface area contributed by atoms with Gasteiger partial charge in [0.2, 0.25) is 0 Å². The van der Waals surface area contributed by atoms with Crippen LogP contribution in [0.4, 0.5) is 0 Å². The van der Waals surface area contributed by atoms with Crippen LogP contribution in [0.15, 0.2) is 42.5 Å². The third-order valence-electron chi connectivity index (χ3n) is 3.10. The molecule has 0 fully saturated rings. The van der Waals surface area contributed by atoms with Gasteiger partial charge in [-0.1, -0.05) is 0 Å². The number of carbonyl (C=O) groups excluding carboxylic acids is 2. The molecule has 0 radical (unpaired) electrons. The average molecular weight is 284 g/mol. The summed E-state index contributed by atoms with van der Waals surface area (Å²) in [5.74, 6) is 1.70. The van der Waals surface area contributed by atoms with E-state index in [4.69, 9.17) is 9.47 Å². The topological polar surface area (TPSA) is 52.6 Å². The first kappa shape index (κ1) is 14.8. The molecular weight excluding hydrogens is 268 g/mol. The van der Waals surface area contributed by atoms with Crippen LogP contribution in [0.1, 0.15) is 26.3 Å². The van der Waals surface area contributed by atoms with E-state index in [-0.39, 0.29) is 0 Å². The lowest BCUT2D eigenvalue weighted by Gasteiger charge is -1.97. The van der Waals surface area contributed by atoms with E-state index in [1.54, 1.807) is 37.4 Å². The van der Waals surface area contributed by atoms with Crippen molar-refractivity contribution in [1.29, 1.82) is 0 Å². The Morgan fingerprint density at radius 3 is 2.29 bits per heavy atom. The summed E-state index contributed by atoms with van der Waals surface area (Å²) in [6.45, 7) is 0.748. The molecule has 0 N–H and O–H groups in total. The number of methoxy groups -OCH3 is 1. The summed E-state index contributed by atoms with van der Waals surface area (Å²) in [5.41, 5.74) is 2.55. The van der Waals surface area contributed by atoms with Crippen LogP contribution in [-0.4, -0.2) is 26.3 Å². The molecule has 0 unspecified atom stereocenters. The smallest absolute Gasteiger partial charge is 0.150 e. The number of rotatable bonds is 3. The first-order valence-corrected chi connectivity index (χ1v) is 6.57. The van der Waals surface area contributed by atoms with Gasteiger partial charge in [-0.3, -0.25) is 9.59 Å². The van der Waals surface area contributed by atoms with Gasteiger partial charge in [0, 0.05) is 17.5 Å². The van der Waals surface area contributed by atoms with Crippen LogP contribution in [0, 0.1) is 0 Å². The van der Waals surface area contributed by atoms with Gasteiger partial charge in [-0.25, -0.2) is 0 Å². The Hall–Kier alpha value is -2.62. The Morgan fingerprint density at radius 1 is 1.00 bits per heavy atom. The predicted octanol–water partition coefficient (Wildman–Crippen LogP) is 2.94. The molecule has 0 bridgehead atoms. The molecule has 1 aliphatic heterocycles. The second-order valence-corrected chi connectivity index (χ2v) is 4.47. The van der Waals surface area contributed by atoms with Gasteiger partial charge in [0.15, 0.2) is 0 Å². The molecule has 0 saturated carbocycles. The van der Waals surface area contributed by atoms with Gasteiger partial charge in [-0.2, -0.15) is 0 Å². The third kappa shape index (κ3) is 3.92. The van der Waals surface area contributed by atoms with Gasteiger partial charge in [-0.15, -0.1) is 0 Å². The summed E-state index contributed by atoms with van der Waals surface area (Å²) in [6, 6.07) is 12.4. The highest BCUT2D eigenvalue weighted by Gasteiger charge is 2.11. The molecule has 0 aliphatic carbocycles. The van der Waals surface area contributed by atoms with Crippen molar-refractivity contribution in [2.75, 3.05) is 13.7 Å². The average Bonchev–Trinajstić information content (AvgIpc) is 3.03. The second kappa shape index (κ2) is 7.24. The summed E-state index contributed by atoms with van der Waals surface area (Å²) < 4.78 is 10.2. The normalized spacial score (nSPS) is 11.5. The van der Waals surface area contributed by atoms with Gasteiger partial charge < -0.3 is 9.47 Å². The second-order valence-electron chi connectivity index (χ2n) is 4.47. The number of benzene rings is 2. The van der Waals surface area contributed by atoms with E-state index in [2.05, 4.69) is 0 Å². The molecule has 3 rings (SSSR count). The lowest BCUT2D eigenvalue weighted by atomic mass is 10.1. The van der Waals surface area contributed by atoms with Crippen molar-refractivity contribution in [1.82, 2.24) is 0 Å². The number of aldehydes is 2. The van der Waals surface area contributed by atoms with E-state index < -0.39 is 0 Å². The summed E-state index contributed by atoms with van der Waals surface area (Å²) in [4.78, 5) is 20.5. The fourth-order valence-corrected chi connectivity index (χ4v) is 1.96. The van der Waals surface area contributed by atoms with Crippen LogP contribution in [-0.2, 0) is 6.42 Å². The third-order valence-corrected chi connectivity index (χ3v) is 3.10. The Labute approximate surface area is 123 Å². The van der Waals surface area contributed by atoms with E-state index in [1.165, 1.54) is 0 Å². The molecule has 4 nitrogen and oxygen atoms in total. The van der Waals surface area contributed by atoms with Crippen LogP contribution in [0.3, 0.4) is 0 Å². The van der Waals surface area contributed by atoms with E-state index in [1.807, 2.05) is 12.1 Å². The van der Waals surface area contributed by atoms with Gasteiger partial charge in [0.25, 0.3) is 0 Å². The molecular formula is C17H16O4. The minimum atomic E-state index is 0.667. The first-order chi connectivity index (χ1) is 10.3.